The van der Waals surface area contributed by atoms with E-state index >= 15 is 0 Å². The molecule has 0 spiro atoms. The van der Waals surface area contributed by atoms with Crippen molar-refractivity contribution in [1.82, 2.24) is 14.5 Å². The molecule has 3 rings (SSSR count). The number of aromatic nitrogens is 3. The minimum absolute atomic E-state index is 0.247. The summed E-state index contributed by atoms with van der Waals surface area (Å²) in [7, 11) is -1.22. The third kappa shape index (κ3) is 5.36. The van der Waals surface area contributed by atoms with Gasteiger partial charge in [-0.3, -0.25) is 9.55 Å². The van der Waals surface area contributed by atoms with Crippen LogP contribution in [0.15, 0.2) is 53.9 Å². The van der Waals surface area contributed by atoms with Crippen LogP contribution in [0.3, 0.4) is 0 Å². The highest BCUT2D eigenvalue weighted by atomic mass is 28.3. The molecule has 3 aromatic rings. The third-order valence-electron chi connectivity index (χ3n) is 4.46. The van der Waals surface area contributed by atoms with E-state index in [0.29, 0.717) is 18.1 Å². The van der Waals surface area contributed by atoms with Gasteiger partial charge in [0.05, 0.1) is 11.4 Å². The van der Waals surface area contributed by atoms with Gasteiger partial charge in [0.25, 0.3) is 0 Å². The molecular weight excluding hydrogens is 387 g/mol. The fraction of sp³-hybridized carbons (Fsp3) is 0.286. The molecule has 0 aliphatic rings. The molecule has 29 heavy (non-hydrogen) atoms. The number of ether oxygens (including phenoxy) is 1. The quantitative estimate of drug-likeness (QED) is 0.188. The molecule has 0 aliphatic heterocycles. The van der Waals surface area contributed by atoms with Gasteiger partial charge in [0.1, 0.15) is 18.8 Å². The van der Waals surface area contributed by atoms with E-state index in [1.165, 1.54) is 18.3 Å². The number of nitrogens with zero attached hydrogens (tertiary/aromatic N) is 4. The second-order valence-corrected chi connectivity index (χ2v) is 13.6. The molecule has 8 heteroatoms. The van der Waals surface area contributed by atoms with Crippen LogP contribution < -0.4 is 0 Å². The summed E-state index contributed by atoms with van der Waals surface area (Å²) in [6.45, 7) is 7.77. The van der Waals surface area contributed by atoms with Crippen LogP contribution in [0.1, 0.15) is 5.82 Å². The minimum Gasteiger partial charge on any atom is -0.411 e. The zero-order chi connectivity index (χ0) is 20.9. The molecule has 2 aromatic heterocycles. The predicted octanol–water partition coefficient (Wildman–Crippen LogP) is 4.87. The molecule has 2 heterocycles. The Morgan fingerprint density at radius 3 is 2.41 bits per heavy atom. The lowest BCUT2D eigenvalue weighted by atomic mass is 10.1. The predicted molar refractivity (Wildman–Crippen MR) is 114 cm³/mol. The lowest BCUT2D eigenvalue weighted by Gasteiger charge is -2.17. The van der Waals surface area contributed by atoms with Gasteiger partial charge in [-0.05, 0) is 42.4 Å². The molecule has 0 saturated carbocycles. The first kappa shape index (κ1) is 20.9. The molecule has 0 saturated heterocycles. The van der Waals surface area contributed by atoms with Gasteiger partial charge in [-0.25, -0.2) is 9.37 Å². The van der Waals surface area contributed by atoms with Crippen molar-refractivity contribution in [2.75, 3.05) is 6.61 Å². The average Bonchev–Trinajstić information content (AvgIpc) is 3.04. The Bertz CT molecular complexity index is 967. The lowest BCUT2D eigenvalue weighted by molar-refractivity contribution is 0.0879. The highest BCUT2D eigenvalue weighted by Gasteiger charge is 2.20. The fourth-order valence-electron chi connectivity index (χ4n) is 2.90. The smallest absolute Gasteiger partial charge is 0.157 e. The van der Waals surface area contributed by atoms with Crippen LogP contribution in [-0.4, -0.2) is 40.6 Å². The van der Waals surface area contributed by atoms with Gasteiger partial charge in [-0.2, -0.15) is 0 Å². The van der Waals surface area contributed by atoms with Gasteiger partial charge in [0.2, 0.25) is 0 Å². The van der Waals surface area contributed by atoms with E-state index < -0.39 is 8.07 Å². The van der Waals surface area contributed by atoms with Crippen molar-refractivity contribution in [3.05, 3.63) is 60.4 Å². The van der Waals surface area contributed by atoms with Crippen molar-refractivity contribution < 1.29 is 14.3 Å². The largest absolute Gasteiger partial charge is 0.411 e. The topological polar surface area (TPSA) is 72.5 Å². The van der Waals surface area contributed by atoms with Crippen LogP contribution in [0.5, 0.6) is 0 Å². The number of pyridine rings is 1. The average molecular weight is 413 g/mol. The molecule has 0 atom stereocenters. The number of hydrogen-bond donors (Lipinski definition) is 1. The monoisotopic (exact) mass is 412 g/mol. The van der Waals surface area contributed by atoms with E-state index in [0.717, 1.165) is 22.9 Å². The van der Waals surface area contributed by atoms with Crippen LogP contribution in [0.4, 0.5) is 4.39 Å². The number of imidazole rings is 1. The van der Waals surface area contributed by atoms with Crippen LogP contribution >= 0.6 is 0 Å². The van der Waals surface area contributed by atoms with Gasteiger partial charge in [0.15, 0.2) is 5.82 Å². The van der Waals surface area contributed by atoms with Crippen molar-refractivity contribution in [3.8, 4) is 22.5 Å². The summed E-state index contributed by atoms with van der Waals surface area (Å²) in [4.78, 5) is 8.72. The molecule has 0 amide bonds. The van der Waals surface area contributed by atoms with Crippen LogP contribution in [-0.2, 0) is 11.5 Å². The summed E-state index contributed by atoms with van der Waals surface area (Å²) in [5.74, 6) is 0.139. The summed E-state index contributed by atoms with van der Waals surface area (Å²) in [5, 5.41) is 12.3. The van der Waals surface area contributed by atoms with Gasteiger partial charge in [-0.15, -0.1) is 0 Å². The summed E-state index contributed by atoms with van der Waals surface area (Å²) in [6.07, 6.45) is 4.65. The number of rotatable bonds is 8. The standard InChI is InChI=1S/C21H25FN4O2Si/c1-29(2,3)13-12-28-15-26-19(14-24-27)25-20(16-8-10-23-11-9-16)21(26)17-4-6-18(22)7-5-17/h4-11,14,27H,12-13,15H2,1-3H3/b24-14+. The van der Waals surface area contributed by atoms with E-state index in [1.807, 2.05) is 16.7 Å². The number of halogens is 1. The van der Waals surface area contributed by atoms with Crippen molar-refractivity contribution in [3.63, 3.8) is 0 Å². The van der Waals surface area contributed by atoms with Crippen molar-refractivity contribution in [1.29, 1.82) is 0 Å². The zero-order valence-electron chi connectivity index (χ0n) is 16.8. The maximum atomic E-state index is 13.5. The van der Waals surface area contributed by atoms with Crippen LogP contribution in [0, 0.1) is 5.82 Å². The van der Waals surface area contributed by atoms with Crippen molar-refractivity contribution >= 4 is 14.3 Å². The van der Waals surface area contributed by atoms with E-state index in [1.54, 1.807) is 24.5 Å². The van der Waals surface area contributed by atoms with Crippen molar-refractivity contribution in [2.24, 2.45) is 5.16 Å². The molecule has 0 radical (unpaired) electrons. The van der Waals surface area contributed by atoms with Crippen molar-refractivity contribution in [2.45, 2.75) is 32.4 Å². The highest BCUT2D eigenvalue weighted by molar-refractivity contribution is 6.76. The Hall–Kier alpha value is -2.84. The molecule has 1 N–H and O–H groups in total. The van der Waals surface area contributed by atoms with Crippen LogP contribution in [0.2, 0.25) is 25.7 Å². The molecule has 0 fully saturated rings. The normalized spacial score (nSPS) is 12.0. The summed E-state index contributed by atoms with van der Waals surface area (Å²) < 4.78 is 21.3. The number of benzene rings is 1. The maximum Gasteiger partial charge on any atom is 0.157 e. The fourth-order valence-corrected chi connectivity index (χ4v) is 3.65. The van der Waals surface area contributed by atoms with Gasteiger partial charge in [-0.1, -0.05) is 24.8 Å². The van der Waals surface area contributed by atoms with Gasteiger partial charge >= 0.3 is 0 Å². The zero-order valence-corrected chi connectivity index (χ0v) is 17.8. The SMILES string of the molecule is C[Si](C)(C)CCOCn1c(/C=N/O)nc(-c2ccncc2)c1-c1ccc(F)cc1. The van der Waals surface area contributed by atoms with E-state index in [2.05, 4.69) is 34.8 Å². The molecule has 1 aromatic carbocycles. The Morgan fingerprint density at radius 2 is 1.79 bits per heavy atom. The Kier molecular flexibility index (Phi) is 6.55. The minimum atomic E-state index is -1.22. The Morgan fingerprint density at radius 1 is 1.10 bits per heavy atom. The van der Waals surface area contributed by atoms with E-state index in [4.69, 9.17) is 9.94 Å². The first-order valence-corrected chi connectivity index (χ1v) is 13.1. The molecular formula is C21H25FN4O2Si. The molecule has 0 bridgehead atoms. The van der Waals surface area contributed by atoms with Gasteiger partial charge < -0.3 is 9.94 Å². The van der Waals surface area contributed by atoms with Gasteiger partial charge in [0, 0.05) is 38.2 Å². The van der Waals surface area contributed by atoms with E-state index in [9.17, 15) is 4.39 Å². The maximum absolute atomic E-state index is 13.5. The molecule has 152 valence electrons. The molecule has 6 nitrogen and oxygen atoms in total. The van der Waals surface area contributed by atoms with E-state index in [-0.39, 0.29) is 12.5 Å². The third-order valence-corrected chi connectivity index (χ3v) is 6.16. The summed E-state index contributed by atoms with van der Waals surface area (Å²) >= 11 is 0. The summed E-state index contributed by atoms with van der Waals surface area (Å²) in [6, 6.07) is 11.0. The second kappa shape index (κ2) is 9.10. The van der Waals surface area contributed by atoms with Crippen LogP contribution in [0.25, 0.3) is 22.5 Å². The summed E-state index contributed by atoms with van der Waals surface area (Å²) in [5.41, 5.74) is 3.09. The Balaban J connectivity index is 2.06. The first-order chi connectivity index (χ1) is 13.9. The number of hydrogen-bond acceptors (Lipinski definition) is 5. The highest BCUT2D eigenvalue weighted by Crippen LogP contribution is 2.32. The number of oxime groups is 1. The molecule has 0 unspecified atom stereocenters. The Labute approximate surface area is 170 Å². The molecule has 0 aliphatic carbocycles. The second-order valence-electron chi connectivity index (χ2n) is 7.93. The first-order valence-electron chi connectivity index (χ1n) is 9.41. The lowest BCUT2D eigenvalue weighted by Crippen LogP contribution is -2.22.